The Labute approximate surface area is 187 Å². The Balaban J connectivity index is 1.57. The quantitative estimate of drug-likeness (QED) is 0.673. The van der Waals surface area contributed by atoms with Crippen molar-refractivity contribution in [3.8, 4) is 11.3 Å². The number of amides is 2. The summed E-state index contributed by atoms with van der Waals surface area (Å²) in [7, 11) is 0. The Bertz CT molecular complexity index is 1070. The Morgan fingerprint density at radius 2 is 1.97 bits per heavy atom. The van der Waals surface area contributed by atoms with Crippen LogP contribution in [0.1, 0.15) is 23.7 Å². The summed E-state index contributed by atoms with van der Waals surface area (Å²) < 4.78 is 0. The molecule has 0 saturated carbocycles. The van der Waals surface area contributed by atoms with Gasteiger partial charge in [-0.05, 0) is 24.5 Å². The molecule has 1 aliphatic rings. The number of carbonyl (C=O) groups is 2. The fraction of sp³-hybridized carbons (Fsp3) is 0.320. The average Bonchev–Trinajstić information content (AvgIpc) is 2.80. The van der Waals surface area contributed by atoms with Gasteiger partial charge in [0.1, 0.15) is 6.33 Å². The molecule has 4 rings (SSSR count). The van der Waals surface area contributed by atoms with Crippen LogP contribution in [0, 0.1) is 5.92 Å². The van der Waals surface area contributed by atoms with Crippen LogP contribution in [-0.2, 0) is 28.9 Å². The summed E-state index contributed by atoms with van der Waals surface area (Å²) in [5.74, 6) is -0.463. The van der Waals surface area contributed by atoms with Crippen LogP contribution in [0.2, 0.25) is 0 Å². The van der Waals surface area contributed by atoms with Crippen molar-refractivity contribution in [1.82, 2.24) is 25.2 Å². The number of fused-ring (bicyclic) bond motifs is 1. The molecule has 0 saturated heterocycles. The maximum Gasteiger partial charge on any atom is 0.225 e. The van der Waals surface area contributed by atoms with Crippen molar-refractivity contribution in [2.45, 2.75) is 26.2 Å². The monoisotopic (exact) mass is 429 g/mol. The molecule has 0 spiro atoms. The maximum absolute atomic E-state index is 13.2. The zero-order valence-corrected chi connectivity index (χ0v) is 18.2. The first kappa shape index (κ1) is 21.6. The minimum Gasteiger partial charge on any atom is -0.355 e. The second kappa shape index (κ2) is 10.1. The molecular weight excluding hydrogens is 402 g/mol. The van der Waals surface area contributed by atoms with Crippen molar-refractivity contribution in [3.05, 3.63) is 78.0 Å². The van der Waals surface area contributed by atoms with Gasteiger partial charge in [-0.25, -0.2) is 9.97 Å². The average molecular weight is 430 g/mol. The normalized spacial score (nSPS) is 15.9. The third-order valence-electron chi connectivity index (χ3n) is 5.84. The lowest BCUT2D eigenvalue weighted by Crippen LogP contribution is -2.44. The second-order valence-corrected chi connectivity index (χ2v) is 8.03. The summed E-state index contributed by atoms with van der Waals surface area (Å²) in [6, 6.07) is 13.8. The van der Waals surface area contributed by atoms with Crippen LogP contribution in [-0.4, -0.2) is 51.3 Å². The number of nitrogens with zero attached hydrogens (tertiary/aromatic N) is 4. The number of benzene rings is 1. The van der Waals surface area contributed by atoms with Crippen LogP contribution in [0.5, 0.6) is 0 Å². The zero-order valence-electron chi connectivity index (χ0n) is 18.2. The van der Waals surface area contributed by atoms with Crippen LogP contribution in [0.15, 0.2) is 61.2 Å². The van der Waals surface area contributed by atoms with E-state index in [0.717, 1.165) is 28.1 Å². The van der Waals surface area contributed by atoms with E-state index in [-0.39, 0.29) is 17.7 Å². The molecule has 3 heterocycles. The smallest absolute Gasteiger partial charge is 0.225 e. The third-order valence-corrected chi connectivity index (χ3v) is 5.84. The molecule has 0 unspecified atom stereocenters. The van der Waals surface area contributed by atoms with Crippen molar-refractivity contribution in [2.24, 2.45) is 5.92 Å². The summed E-state index contributed by atoms with van der Waals surface area (Å²) in [6.45, 7) is 2.99. The number of hydrogen-bond donors (Lipinski definition) is 1. The molecule has 1 aromatic carbocycles. The molecule has 32 heavy (non-hydrogen) atoms. The van der Waals surface area contributed by atoms with E-state index >= 15 is 0 Å². The summed E-state index contributed by atoms with van der Waals surface area (Å²) in [5, 5.41) is 3.05. The Hall–Kier alpha value is -3.61. The standard InChI is InChI=1S/C25H27N5O2/c1-18(31)30-13-10-23-22(24(29-17-28-23)20-7-3-2-4-8-20)14-21(16-30)25(32)27-12-9-19-6-5-11-26-15-19/h2-8,11,15,17,21H,9-10,12-14,16H2,1H3,(H,27,32)/t21-/m0/s1. The van der Waals surface area contributed by atoms with Crippen molar-refractivity contribution in [1.29, 1.82) is 0 Å². The highest BCUT2D eigenvalue weighted by molar-refractivity contribution is 5.81. The van der Waals surface area contributed by atoms with Crippen molar-refractivity contribution in [2.75, 3.05) is 19.6 Å². The fourth-order valence-corrected chi connectivity index (χ4v) is 4.11. The maximum atomic E-state index is 13.2. The molecule has 0 radical (unpaired) electrons. The summed E-state index contributed by atoms with van der Waals surface area (Å²) in [6.07, 6.45) is 6.95. The van der Waals surface area contributed by atoms with Gasteiger partial charge in [-0.1, -0.05) is 36.4 Å². The molecule has 1 aliphatic heterocycles. The number of nitrogens with one attached hydrogen (secondary N) is 1. The largest absolute Gasteiger partial charge is 0.355 e. The minimum absolute atomic E-state index is 0.0288. The van der Waals surface area contributed by atoms with E-state index in [4.69, 9.17) is 0 Å². The molecule has 0 bridgehead atoms. The van der Waals surface area contributed by atoms with Gasteiger partial charge < -0.3 is 10.2 Å². The van der Waals surface area contributed by atoms with Gasteiger partial charge in [0.2, 0.25) is 11.8 Å². The molecule has 3 aromatic rings. The van der Waals surface area contributed by atoms with Crippen LogP contribution >= 0.6 is 0 Å². The fourth-order valence-electron chi connectivity index (χ4n) is 4.11. The SMILES string of the molecule is CC(=O)N1CCc2ncnc(-c3ccccc3)c2C[C@H](C(=O)NCCc2cccnc2)C1. The molecule has 7 heteroatoms. The molecule has 0 fully saturated rings. The molecule has 164 valence electrons. The highest BCUT2D eigenvalue weighted by Crippen LogP contribution is 2.27. The van der Waals surface area contributed by atoms with E-state index in [1.807, 2.05) is 42.5 Å². The number of aromatic nitrogens is 3. The van der Waals surface area contributed by atoms with E-state index in [1.54, 1.807) is 30.5 Å². The van der Waals surface area contributed by atoms with E-state index in [9.17, 15) is 9.59 Å². The first-order valence-electron chi connectivity index (χ1n) is 10.9. The lowest BCUT2D eigenvalue weighted by molar-refractivity contribution is -0.132. The first-order chi connectivity index (χ1) is 15.6. The van der Waals surface area contributed by atoms with Gasteiger partial charge in [0.25, 0.3) is 0 Å². The topological polar surface area (TPSA) is 88.1 Å². The molecule has 2 aromatic heterocycles. The number of hydrogen-bond acceptors (Lipinski definition) is 5. The molecule has 1 N–H and O–H groups in total. The predicted molar refractivity (Wildman–Crippen MR) is 122 cm³/mol. The lowest BCUT2D eigenvalue weighted by Gasteiger charge is -2.30. The van der Waals surface area contributed by atoms with Gasteiger partial charge in [-0.2, -0.15) is 0 Å². The third kappa shape index (κ3) is 5.17. The molecule has 1 atom stereocenters. The van der Waals surface area contributed by atoms with E-state index in [1.165, 1.54) is 0 Å². The van der Waals surface area contributed by atoms with E-state index in [2.05, 4.69) is 20.3 Å². The molecule has 7 nitrogen and oxygen atoms in total. The molecule has 0 aliphatic carbocycles. The number of rotatable bonds is 5. The van der Waals surface area contributed by atoms with E-state index < -0.39 is 0 Å². The van der Waals surface area contributed by atoms with Crippen molar-refractivity contribution >= 4 is 11.8 Å². The minimum atomic E-state index is -0.375. The predicted octanol–water partition coefficient (Wildman–Crippen LogP) is 2.46. The highest BCUT2D eigenvalue weighted by atomic mass is 16.2. The first-order valence-corrected chi connectivity index (χ1v) is 10.9. The number of pyridine rings is 1. The van der Waals surface area contributed by atoms with Gasteiger partial charge >= 0.3 is 0 Å². The van der Waals surface area contributed by atoms with Crippen LogP contribution < -0.4 is 5.32 Å². The Morgan fingerprint density at radius 3 is 2.72 bits per heavy atom. The van der Waals surface area contributed by atoms with E-state index in [0.29, 0.717) is 38.9 Å². The van der Waals surface area contributed by atoms with Gasteiger partial charge in [-0.15, -0.1) is 0 Å². The molecule has 2 amide bonds. The van der Waals surface area contributed by atoms with Gasteiger partial charge in [-0.3, -0.25) is 14.6 Å². The van der Waals surface area contributed by atoms with Crippen LogP contribution in [0.25, 0.3) is 11.3 Å². The van der Waals surface area contributed by atoms with Gasteiger partial charge in [0.15, 0.2) is 0 Å². The Morgan fingerprint density at radius 1 is 1.12 bits per heavy atom. The van der Waals surface area contributed by atoms with Crippen LogP contribution in [0.3, 0.4) is 0 Å². The zero-order chi connectivity index (χ0) is 22.3. The summed E-state index contributed by atoms with van der Waals surface area (Å²) in [5.41, 5.74) is 4.83. The second-order valence-electron chi connectivity index (χ2n) is 8.03. The van der Waals surface area contributed by atoms with Gasteiger partial charge in [0, 0.05) is 62.2 Å². The Kier molecular flexibility index (Phi) is 6.84. The highest BCUT2D eigenvalue weighted by Gasteiger charge is 2.29. The number of carbonyl (C=O) groups excluding carboxylic acids is 2. The van der Waals surface area contributed by atoms with Crippen molar-refractivity contribution in [3.63, 3.8) is 0 Å². The lowest BCUT2D eigenvalue weighted by atomic mass is 9.90. The van der Waals surface area contributed by atoms with Crippen molar-refractivity contribution < 1.29 is 9.59 Å². The molecular formula is C25H27N5O2. The van der Waals surface area contributed by atoms with Crippen LogP contribution in [0.4, 0.5) is 0 Å². The van der Waals surface area contributed by atoms with Gasteiger partial charge in [0.05, 0.1) is 11.6 Å². The summed E-state index contributed by atoms with van der Waals surface area (Å²) >= 11 is 0. The summed E-state index contributed by atoms with van der Waals surface area (Å²) in [4.78, 5) is 40.3.